The zero-order valence-corrected chi connectivity index (χ0v) is 13.4. The number of likely N-dealkylation sites (N-methyl/N-ethyl adjacent to an activating group) is 1. The van der Waals surface area contributed by atoms with Crippen molar-refractivity contribution in [1.82, 2.24) is 20.1 Å². The van der Waals surface area contributed by atoms with Gasteiger partial charge in [-0.3, -0.25) is 4.68 Å². The molecule has 4 nitrogen and oxygen atoms in total. The second kappa shape index (κ2) is 5.43. The highest BCUT2D eigenvalue weighted by atomic mass is 32.1. The Labute approximate surface area is 118 Å². The third-order valence-corrected chi connectivity index (χ3v) is 4.81. The summed E-state index contributed by atoms with van der Waals surface area (Å²) in [4.78, 5) is 5.95. The van der Waals surface area contributed by atoms with E-state index in [0.29, 0.717) is 0 Å². The molecule has 0 spiro atoms. The van der Waals surface area contributed by atoms with Crippen LogP contribution in [0.2, 0.25) is 0 Å². The summed E-state index contributed by atoms with van der Waals surface area (Å²) in [6.07, 6.45) is 0.920. The Morgan fingerprint density at radius 2 is 1.89 bits per heavy atom. The van der Waals surface area contributed by atoms with Gasteiger partial charge in [-0.25, -0.2) is 4.98 Å². The van der Waals surface area contributed by atoms with E-state index in [1.165, 1.54) is 21.1 Å². The van der Waals surface area contributed by atoms with Crippen LogP contribution in [0.3, 0.4) is 0 Å². The van der Waals surface area contributed by atoms with Crippen molar-refractivity contribution in [2.75, 3.05) is 7.05 Å². The average Bonchev–Trinajstić information content (AvgIpc) is 2.78. The van der Waals surface area contributed by atoms with Gasteiger partial charge in [0.2, 0.25) is 0 Å². The number of aromatic nitrogens is 3. The van der Waals surface area contributed by atoms with E-state index in [0.717, 1.165) is 17.8 Å². The van der Waals surface area contributed by atoms with Crippen LogP contribution < -0.4 is 5.32 Å². The highest BCUT2D eigenvalue weighted by Gasteiger charge is 2.20. The zero-order chi connectivity index (χ0) is 14.2. The number of nitrogens with one attached hydrogen (secondary N) is 1. The molecule has 0 saturated carbocycles. The SMILES string of the molecule is CNC(Cc1nc(C)c(C)s1)c1c(C)nn(C)c1C. The van der Waals surface area contributed by atoms with Gasteiger partial charge in [-0.1, -0.05) is 0 Å². The lowest BCUT2D eigenvalue weighted by Gasteiger charge is -2.15. The fourth-order valence-electron chi connectivity index (χ4n) is 2.44. The minimum atomic E-state index is 0.277. The van der Waals surface area contributed by atoms with Crippen LogP contribution in [0.1, 0.15) is 38.6 Å². The molecule has 0 bridgehead atoms. The van der Waals surface area contributed by atoms with Crippen LogP contribution in [-0.2, 0) is 13.5 Å². The van der Waals surface area contributed by atoms with Crippen molar-refractivity contribution in [3.8, 4) is 0 Å². The molecule has 0 radical (unpaired) electrons. The van der Waals surface area contributed by atoms with Crippen LogP contribution in [0, 0.1) is 27.7 Å². The number of nitrogens with zero attached hydrogens (tertiary/aromatic N) is 3. The van der Waals surface area contributed by atoms with Crippen LogP contribution >= 0.6 is 11.3 Å². The minimum absolute atomic E-state index is 0.277. The molecule has 2 aromatic heterocycles. The van der Waals surface area contributed by atoms with E-state index < -0.39 is 0 Å². The smallest absolute Gasteiger partial charge is 0.0949 e. The van der Waals surface area contributed by atoms with Gasteiger partial charge >= 0.3 is 0 Å². The maximum Gasteiger partial charge on any atom is 0.0949 e. The Morgan fingerprint density at radius 1 is 1.21 bits per heavy atom. The first kappa shape index (κ1) is 14.2. The molecule has 1 unspecified atom stereocenters. The molecule has 1 atom stereocenters. The molecule has 2 aromatic rings. The number of rotatable bonds is 4. The molecule has 2 rings (SSSR count). The lowest BCUT2D eigenvalue weighted by Crippen LogP contribution is -2.20. The summed E-state index contributed by atoms with van der Waals surface area (Å²) in [6, 6.07) is 0.277. The second-order valence-electron chi connectivity index (χ2n) is 5.00. The van der Waals surface area contributed by atoms with E-state index >= 15 is 0 Å². The van der Waals surface area contributed by atoms with Gasteiger partial charge in [0.05, 0.1) is 16.4 Å². The molecule has 104 valence electrons. The highest BCUT2D eigenvalue weighted by Crippen LogP contribution is 2.27. The molecule has 1 N–H and O–H groups in total. The van der Waals surface area contributed by atoms with E-state index in [1.807, 2.05) is 18.8 Å². The van der Waals surface area contributed by atoms with Crippen molar-refractivity contribution in [1.29, 1.82) is 0 Å². The van der Waals surface area contributed by atoms with E-state index in [-0.39, 0.29) is 6.04 Å². The summed E-state index contributed by atoms with van der Waals surface area (Å²) >= 11 is 1.79. The normalized spacial score (nSPS) is 12.9. The van der Waals surface area contributed by atoms with Crippen molar-refractivity contribution >= 4 is 11.3 Å². The zero-order valence-electron chi connectivity index (χ0n) is 12.5. The van der Waals surface area contributed by atoms with E-state index in [4.69, 9.17) is 0 Å². The molecule has 19 heavy (non-hydrogen) atoms. The third kappa shape index (κ3) is 2.72. The third-order valence-electron chi connectivity index (χ3n) is 3.71. The Morgan fingerprint density at radius 3 is 2.32 bits per heavy atom. The van der Waals surface area contributed by atoms with Crippen LogP contribution in [0.5, 0.6) is 0 Å². The fourth-order valence-corrected chi connectivity index (χ4v) is 3.42. The van der Waals surface area contributed by atoms with Crippen molar-refractivity contribution in [3.05, 3.63) is 32.5 Å². The molecule has 0 aliphatic rings. The second-order valence-corrected chi connectivity index (χ2v) is 6.29. The summed E-state index contributed by atoms with van der Waals surface area (Å²) in [7, 11) is 4.00. The van der Waals surface area contributed by atoms with Crippen molar-refractivity contribution in [3.63, 3.8) is 0 Å². The molecule has 0 fully saturated rings. The van der Waals surface area contributed by atoms with Gasteiger partial charge in [-0.2, -0.15) is 5.10 Å². The Bertz CT molecular complexity index is 563. The Balaban J connectivity index is 2.30. The maximum absolute atomic E-state index is 4.64. The van der Waals surface area contributed by atoms with E-state index in [1.54, 1.807) is 11.3 Å². The minimum Gasteiger partial charge on any atom is -0.313 e. The summed E-state index contributed by atoms with van der Waals surface area (Å²) in [5.74, 6) is 0. The molecule has 2 heterocycles. The average molecular weight is 278 g/mol. The van der Waals surface area contributed by atoms with Gasteiger partial charge in [0.15, 0.2) is 0 Å². The molecule has 0 aliphatic carbocycles. The lowest BCUT2D eigenvalue weighted by molar-refractivity contribution is 0.582. The molecule has 5 heteroatoms. The van der Waals surface area contributed by atoms with Crippen LogP contribution in [0.15, 0.2) is 0 Å². The predicted molar refractivity (Wildman–Crippen MR) is 79.8 cm³/mol. The maximum atomic E-state index is 4.64. The van der Waals surface area contributed by atoms with Gasteiger partial charge < -0.3 is 5.32 Å². The standard InChI is InChI=1S/C14H22N4S/c1-8-11(4)19-13(16-8)7-12(15-5)14-9(2)17-18(6)10(14)3/h12,15H,7H2,1-6H3. The van der Waals surface area contributed by atoms with Gasteiger partial charge in [-0.05, 0) is 34.7 Å². The molecular formula is C14H22N4S. The Hall–Kier alpha value is -1.20. The van der Waals surface area contributed by atoms with Gasteiger partial charge in [0, 0.05) is 35.6 Å². The molecular weight excluding hydrogens is 256 g/mol. The van der Waals surface area contributed by atoms with Crippen LogP contribution in [0.4, 0.5) is 0 Å². The summed E-state index contributed by atoms with van der Waals surface area (Å²) in [5, 5.41) is 9.10. The molecule has 0 aromatic carbocycles. The number of aryl methyl sites for hydroxylation is 4. The molecule has 0 saturated heterocycles. The Kier molecular flexibility index (Phi) is 4.06. The summed E-state index contributed by atoms with van der Waals surface area (Å²) < 4.78 is 1.95. The van der Waals surface area contributed by atoms with Crippen molar-refractivity contribution in [2.45, 2.75) is 40.2 Å². The number of hydrogen-bond acceptors (Lipinski definition) is 4. The first-order valence-corrected chi connectivity index (χ1v) is 7.36. The first-order valence-electron chi connectivity index (χ1n) is 6.54. The van der Waals surface area contributed by atoms with Crippen molar-refractivity contribution in [2.24, 2.45) is 7.05 Å². The highest BCUT2D eigenvalue weighted by molar-refractivity contribution is 7.11. The summed E-state index contributed by atoms with van der Waals surface area (Å²) in [5.41, 5.74) is 4.77. The van der Waals surface area contributed by atoms with Gasteiger partial charge in [0.25, 0.3) is 0 Å². The quantitative estimate of drug-likeness (QED) is 0.935. The lowest BCUT2D eigenvalue weighted by atomic mass is 10.0. The van der Waals surface area contributed by atoms with Crippen LogP contribution in [-0.4, -0.2) is 21.8 Å². The molecule has 0 amide bonds. The van der Waals surface area contributed by atoms with E-state index in [2.05, 4.69) is 43.1 Å². The molecule has 0 aliphatic heterocycles. The topological polar surface area (TPSA) is 42.7 Å². The first-order chi connectivity index (χ1) is 8.93. The number of hydrogen-bond donors (Lipinski definition) is 1. The predicted octanol–water partition coefficient (Wildman–Crippen LogP) is 2.61. The number of thiazole rings is 1. The largest absolute Gasteiger partial charge is 0.313 e. The summed E-state index contributed by atoms with van der Waals surface area (Å²) in [6.45, 7) is 8.40. The monoisotopic (exact) mass is 278 g/mol. The fraction of sp³-hybridized carbons (Fsp3) is 0.571. The van der Waals surface area contributed by atoms with Crippen LogP contribution in [0.25, 0.3) is 0 Å². The van der Waals surface area contributed by atoms with E-state index in [9.17, 15) is 0 Å². The van der Waals surface area contributed by atoms with Gasteiger partial charge in [-0.15, -0.1) is 11.3 Å². The van der Waals surface area contributed by atoms with Gasteiger partial charge in [0.1, 0.15) is 0 Å². The van der Waals surface area contributed by atoms with Crippen molar-refractivity contribution < 1.29 is 0 Å².